The SMILES string of the molecule is CC1(C)c2ccccc2-n2c3ccc(N(c4ccc(-c5ccccc5)cc4)c4cccc(-c5ccccc5)c4)cc3c3cccc1c32. The molecule has 0 saturated carbocycles. The predicted octanol–water partition coefficient (Wildman–Crippen LogP) is 12.2. The number of nitrogens with zero attached hydrogens (tertiary/aromatic N) is 2. The van der Waals surface area contributed by atoms with Gasteiger partial charge in [-0.3, -0.25) is 0 Å². The van der Waals surface area contributed by atoms with Crippen LogP contribution in [0.2, 0.25) is 0 Å². The van der Waals surface area contributed by atoms with Crippen molar-refractivity contribution in [3.05, 3.63) is 181 Å². The standard InChI is InChI=1S/C45H34N2/c1-45(2)40-20-9-10-22-43(40)47-42-28-27-37(30-39(42)38-19-12-21-41(45)44(38)47)46(35-25-23-33(24-26-35)31-13-5-3-6-14-31)36-18-11-17-34(29-36)32-15-7-4-8-16-32/h3-30H,1-2H3. The summed E-state index contributed by atoms with van der Waals surface area (Å²) in [5.74, 6) is 0. The van der Waals surface area contributed by atoms with Crippen LogP contribution < -0.4 is 4.90 Å². The number of hydrogen-bond acceptors (Lipinski definition) is 1. The minimum atomic E-state index is -0.0896. The molecule has 0 N–H and O–H groups in total. The Labute approximate surface area is 275 Å². The van der Waals surface area contributed by atoms with Crippen LogP contribution in [0.1, 0.15) is 25.0 Å². The summed E-state index contributed by atoms with van der Waals surface area (Å²) in [6, 6.07) is 61.8. The van der Waals surface area contributed by atoms with Crippen molar-refractivity contribution in [3.8, 4) is 27.9 Å². The third kappa shape index (κ3) is 4.33. The molecule has 0 bridgehead atoms. The van der Waals surface area contributed by atoms with Crippen LogP contribution in [0.5, 0.6) is 0 Å². The fourth-order valence-electron chi connectivity index (χ4n) is 7.63. The third-order valence-electron chi connectivity index (χ3n) is 9.96. The number of para-hydroxylation sites is 2. The van der Waals surface area contributed by atoms with Crippen LogP contribution in [-0.4, -0.2) is 4.57 Å². The first-order valence-corrected chi connectivity index (χ1v) is 16.4. The second kappa shape index (κ2) is 10.6. The first kappa shape index (κ1) is 27.5. The molecule has 224 valence electrons. The Morgan fingerprint density at radius 1 is 0.426 bits per heavy atom. The molecule has 0 unspecified atom stereocenters. The highest BCUT2D eigenvalue weighted by Crippen LogP contribution is 2.48. The first-order chi connectivity index (χ1) is 23.1. The summed E-state index contributed by atoms with van der Waals surface area (Å²) in [4.78, 5) is 2.39. The van der Waals surface area contributed by atoms with Crippen LogP contribution in [0.15, 0.2) is 170 Å². The lowest BCUT2D eigenvalue weighted by atomic mass is 9.75. The van der Waals surface area contributed by atoms with Crippen LogP contribution in [0.25, 0.3) is 49.7 Å². The molecule has 0 aliphatic carbocycles. The molecular weight excluding hydrogens is 569 g/mol. The Morgan fingerprint density at radius 2 is 1.00 bits per heavy atom. The van der Waals surface area contributed by atoms with Crippen LogP contribution in [0, 0.1) is 0 Å². The largest absolute Gasteiger partial charge is 0.310 e. The van der Waals surface area contributed by atoms with Gasteiger partial charge >= 0.3 is 0 Å². The van der Waals surface area contributed by atoms with Crippen LogP contribution >= 0.6 is 0 Å². The van der Waals surface area contributed by atoms with Gasteiger partial charge in [-0.1, -0.05) is 135 Å². The van der Waals surface area contributed by atoms with E-state index >= 15 is 0 Å². The van der Waals surface area contributed by atoms with Gasteiger partial charge in [0.15, 0.2) is 0 Å². The fraction of sp³-hybridized carbons (Fsp3) is 0.0667. The zero-order valence-electron chi connectivity index (χ0n) is 26.6. The molecule has 0 spiro atoms. The molecule has 2 nitrogen and oxygen atoms in total. The maximum atomic E-state index is 2.49. The van der Waals surface area contributed by atoms with Gasteiger partial charge in [0.1, 0.15) is 0 Å². The molecule has 1 aliphatic rings. The molecule has 0 fully saturated rings. The third-order valence-corrected chi connectivity index (χ3v) is 9.96. The van der Waals surface area contributed by atoms with Gasteiger partial charge in [0.2, 0.25) is 0 Å². The maximum Gasteiger partial charge on any atom is 0.0582 e. The maximum absolute atomic E-state index is 2.49. The summed E-state index contributed by atoms with van der Waals surface area (Å²) in [6.07, 6.45) is 0. The van der Waals surface area contributed by atoms with Crippen LogP contribution in [0.3, 0.4) is 0 Å². The number of benzene rings is 7. The molecule has 1 aliphatic heterocycles. The number of hydrogen-bond donors (Lipinski definition) is 0. The smallest absolute Gasteiger partial charge is 0.0582 e. The molecular formula is C45H34N2. The number of fused-ring (bicyclic) bond motifs is 5. The molecule has 0 radical (unpaired) electrons. The van der Waals surface area contributed by atoms with Gasteiger partial charge in [-0.2, -0.15) is 0 Å². The lowest BCUT2D eigenvalue weighted by Gasteiger charge is -2.34. The molecule has 0 amide bonds. The van der Waals surface area contributed by atoms with E-state index in [1.807, 2.05) is 0 Å². The van der Waals surface area contributed by atoms with Crippen molar-refractivity contribution >= 4 is 38.9 Å². The molecule has 9 rings (SSSR count). The minimum absolute atomic E-state index is 0.0896. The number of anilines is 3. The van der Waals surface area contributed by atoms with Gasteiger partial charge in [0.25, 0.3) is 0 Å². The first-order valence-electron chi connectivity index (χ1n) is 16.4. The molecule has 2 heterocycles. The van der Waals surface area contributed by atoms with E-state index in [1.165, 1.54) is 60.9 Å². The summed E-state index contributed by atoms with van der Waals surface area (Å²) in [6.45, 7) is 4.71. The van der Waals surface area contributed by atoms with E-state index in [2.05, 4.69) is 193 Å². The molecule has 8 aromatic rings. The predicted molar refractivity (Wildman–Crippen MR) is 198 cm³/mol. The van der Waals surface area contributed by atoms with E-state index in [0.29, 0.717) is 0 Å². The summed E-state index contributed by atoms with van der Waals surface area (Å²) < 4.78 is 2.49. The molecule has 0 atom stereocenters. The van der Waals surface area contributed by atoms with Crippen LogP contribution in [0.4, 0.5) is 17.1 Å². The van der Waals surface area contributed by atoms with Gasteiger partial charge in [-0.25, -0.2) is 0 Å². The average Bonchev–Trinajstić information content (AvgIpc) is 3.46. The van der Waals surface area contributed by atoms with E-state index in [1.54, 1.807) is 0 Å². The Morgan fingerprint density at radius 3 is 1.77 bits per heavy atom. The van der Waals surface area contributed by atoms with E-state index < -0.39 is 0 Å². The fourth-order valence-corrected chi connectivity index (χ4v) is 7.63. The second-order valence-corrected chi connectivity index (χ2v) is 13.0. The van der Waals surface area contributed by atoms with Gasteiger partial charge < -0.3 is 9.47 Å². The van der Waals surface area contributed by atoms with Crippen molar-refractivity contribution in [2.75, 3.05) is 4.90 Å². The molecule has 7 aromatic carbocycles. The molecule has 1 aromatic heterocycles. The number of aromatic nitrogens is 1. The van der Waals surface area contributed by atoms with Crippen molar-refractivity contribution < 1.29 is 0 Å². The Kier molecular flexibility index (Phi) is 6.20. The van der Waals surface area contributed by atoms with Gasteiger partial charge in [0, 0.05) is 33.2 Å². The van der Waals surface area contributed by atoms with E-state index in [4.69, 9.17) is 0 Å². The minimum Gasteiger partial charge on any atom is -0.310 e. The Bertz CT molecular complexity index is 2420. The number of rotatable bonds is 5. The second-order valence-electron chi connectivity index (χ2n) is 13.0. The lowest BCUT2D eigenvalue weighted by molar-refractivity contribution is 0.630. The summed E-state index contributed by atoms with van der Waals surface area (Å²) in [7, 11) is 0. The normalized spacial score (nSPS) is 13.1. The Balaban J connectivity index is 1.26. The summed E-state index contributed by atoms with van der Waals surface area (Å²) in [5.41, 5.74) is 14.7. The van der Waals surface area contributed by atoms with Crippen molar-refractivity contribution in [2.45, 2.75) is 19.3 Å². The average molecular weight is 603 g/mol. The van der Waals surface area contributed by atoms with Gasteiger partial charge in [-0.05, 0) is 81.9 Å². The Hall–Kier alpha value is -5.86. The summed E-state index contributed by atoms with van der Waals surface area (Å²) in [5, 5.41) is 2.55. The summed E-state index contributed by atoms with van der Waals surface area (Å²) >= 11 is 0. The van der Waals surface area contributed by atoms with E-state index in [0.717, 1.165) is 17.1 Å². The van der Waals surface area contributed by atoms with Crippen molar-refractivity contribution in [2.24, 2.45) is 0 Å². The quantitative estimate of drug-likeness (QED) is 0.190. The topological polar surface area (TPSA) is 8.17 Å². The van der Waals surface area contributed by atoms with Crippen molar-refractivity contribution in [1.82, 2.24) is 4.57 Å². The monoisotopic (exact) mass is 602 g/mol. The highest BCUT2D eigenvalue weighted by Gasteiger charge is 2.34. The van der Waals surface area contributed by atoms with Crippen molar-refractivity contribution in [3.63, 3.8) is 0 Å². The van der Waals surface area contributed by atoms with Gasteiger partial charge in [0.05, 0.1) is 16.7 Å². The zero-order chi connectivity index (χ0) is 31.5. The molecule has 2 heteroatoms. The van der Waals surface area contributed by atoms with Gasteiger partial charge in [-0.15, -0.1) is 0 Å². The van der Waals surface area contributed by atoms with E-state index in [9.17, 15) is 0 Å². The van der Waals surface area contributed by atoms with Crippen LogP contribution in [-0.2, 0) is 5.41 Å². The lowest BCUT2D eigenvalue weighted by Crippen LogP contribution is -2.26. The highest BCUT2D eigenvalue weighted by molar-refractivity contribution is 6.12. The van der Waals surface area contributed by atoms with Crippen molar-refractivity contribution in [1.29, 1.82) is 0 Å². The molecule has 47 heavy (non-hydrogen) atoms. The van der Waals surface area contributed by atoms with E-state index in [-0.39, 0.29) is 5.41 Å². The zero-order valence-corrected chi connectivity index (χ0v) is 26.6. The highest BCUT2D eigenvalue weighted by atomic mass is 15.1. The molecule has 0 saturated heterocycles.